The number of fused-ring (bicyclic) bond motifs is 2. The number of hydrogen-bond acceptors (Lipinski definition) is 3. The van der Waals surface area contributed by atoms with Gasteiger partial charge in [0.25, 0.3) is 0 Å². The summed E-state index contributed by atoms with van der Waals surface area (Å²) in [5.74, 6) is -0.317. The molecule has 5 heteroatoms. The van der Waals surface area contributed by atoms with Gasteiger partial charge in [-0.05, 0) is 31.6 Å². The third-order valence-electron chi connectivity index (χ3n) is 4.10. The quantitative estimate of drug-likeness (QED) is 0.803. The lowest BCUT2D eigenvalue weighted by atomic mass is 9.88. The predicted molar refractivity (Wildman–Crippen MR) is 65.1 cm³/mol. The number of ether oxygens (including phenoxy) is 1. The number of piperidine rings is 1. The van der Waals surface area contributed by atoms with Crippen molar-refractivity contribution in [1.82, 2.24) is 4.90 Å². The molecule has 0 spiro atoms. The molecule has 2 heterocycles. The molecule has 0 radical (unpaired) electrons. The van der Waals surface area contributed by atoms with E-state index in [0.717, 1.165) is 25.7 Å². The van der Waals surface area contributed by atoms with Crippen LogP contribution in [0.2, 0.25) is 0 Å². The third-order valence-corrected chi connectivity index (χ3v) is 4.10. The molecule has 2 unspecified atom stereocenters. The Kier molecular flexibility index (Phi) is 4.22. The number of aliphatic carboxylic acids is 1. The monoisotopic (exact) mass is 255 g/mol. The highest BCUT2D eigenvalue weighted by atomic mass is 16.5. The summed E-state index contributed by atoms with van der Waals surface area (Å²) in [6.07, 6.45) is 4.43. The highest BCUT2D eigenvalue weighted by molar-refractivity contribution is 5.77. The second-order valence-corrected chi connectivity index (χ2v) is 5.36. The van der Waals surface area contributed by atoms with E-state index in [2.05, 4.69) is 0 Å². The number of carboxylic acids is 1. The van der Waals surface area contributed by atoms with Gasteiger partial charge in [0.2, 0.25) is 5.91 Å². The Hall–Kier alpha value is -1.10. The SMILES string of the molecule is COCCC(=O)N1C2CCC1CC(CC(=O)O)C2. The van der Waals surface area contributed by atoms with Crippen molar-refractivity contribution < 1.29 is 19.4 Å². The van der Waals surface area contributed by atoms with E-state index in [4.69, 9.17) is 9.84 Å². The number of carbonyl (C=O) groups excluding carboxylic acids is 1. The van der Waals surface area contributed by atoms with Gasteiger partial charge in [-0.2, -0.15) is 0 Å². The van der Waals surface area contributed by atoms with Crippen LogP contribution < -0.4 is 0 Å². The van der Waals surface area contributed by atoms with Gasteiger partial charge in [-0.15, -0.1) is 0 Å². The van der Waals surface area contributed by atoms with Crippen molar-refractivity contribution in [2.75, 3.05) is 13.7 Å². The number of rotatable bonds is 5. The zero-order valence-electron chi connectivity index (χ0n) is 10.8. The van der Waals surface area contributed by atoms with Crippen molar-refractivity contribution in [3.8, 4) is 0 Å². The van der Waals surface area contributed by atoms with E-state index in [1.54, 1.807) is 7.11 Å². The van der Waals surface area contributed by atoms with E-state index >= 15 is 0 Å². The highest BCUT2D eigenvalue weighted by Crippen LogP contribution is 2.40. The third kappa shape index (κ3) is 2.83. The summed E-state index contributed by atoms with van der Waals surface area (Å²) in [4.78, 5) is 24.8. The van der Waals surface area contributed by atoms with Crippen LogP contribution in [-0.4, -0.2) is 47.7 Å². The molecule has 2 fully saturated rings. The maximum Gasteiger partial charge on any atom is 0.303 e. The number of nitrogens with zero attached hydrogens (tertiary/aromatic N) is 1. The van der Waals surface area contributed by atoms with E-state index in [0.29, 0.717) is 13.0 Å². The second-order valence-electron chi connectivity index (χ2n) is 5.36. The number of hydrogen-bond donors (Lipinski definition) is 1. The Morgan fingerprint density at radius 1 is 1.28 bits per heavy atom. The van der Waals surface area contributed by atoms with Crippen LogP contribution in [0.5, 0.6) is 0 Å². The van der Waals surface area contributed by atoms with E-state index in [1.165, 1.54) is 0 Å². The lowest BCUT2D eigenvalue weighted by Gasteiger charge is -2.38. The molecule has 2 saturated heterocycles. The summed E-state index contributed by atoms with van der Waals surface area (Å²) >= 11 is 0. The zero-order valence-corrected chi connectivity index (χ0v) is 10.8. The van der Waals surface area contributed by atoms with Crippen LogP contribution in [0, 0.1) is 5.92 Å². The molecule has 0 aromatic carbocycles. The second kappa shape index (κ2) is 5.69. The van der Waals surface area contributed by atoms with E-state index in [9.17, 15) is 9.59 Å². The standard InChI is InChI=1S/C13H21NO4/c1-18-5-4-12(15)14-10-2-3-11(14)7-9(6-10)8-13(16)17/h9-11H,2-8H2,1H3,(H,16,17). The zero-order chi connectivity index (χ0) is 13.1. The van der Waals surface area contributed by atoms with Gasteiger partial charge in [0.1, 0.15) is 0 Å². The fourth-order valence-corrected chi connectivity index (χ4v) is 3.43. The summed E-state index contributed by atoms with van der Waals surface area (Å²) in [6.45, 7) is 0.466. The lowest BCUT2D eigenvalue weighted by molar-refractivity contribution is -0.140. The molecule has 0 aliphatic carbocycles. The average Bonchev–Trinajstić information content (AvgIpc) is 2.57. The number of carboxylic acid groups (broad SMARTS) is 1. The molecule has 2 bridgehead atoms. The van der Waals surface area contributed by atoms with Crippen LogP contribution in [0.3, 0.4) is 0 Å². The Balaban J connectivity index is 1.93. The maximum absolute atomic E-state index is 12.1. The summed E-state index contributed by atoms with van der Waals surface area (Å²) in [5, 5.41) is 8.85. The van der Waals surface area contributed by atoms with Crippen LogP contribution >= 0.6 is 0 Å². The topological polar surface area (TPSA) is 66.8 Å². The predicted octanol–water partition coefficient (Wildman–Crippen LogP) is 1.27. The van der Waals surface area contributed by atoms with Crippen molar-refractivity contribution in [1.29, 1.82) is 0 Å². The summed E-state index contributed by atoms with van der Waals surface area (Å²) in [7, 11) is 1.60. The smallest absolute Gasteiger partial charge is 0.303 e. The molecule has 0 aromatic rings. The van der Waals surface area contributed by atoms with Crippen LogP contribution in [0.4, 0.5) is 0 Å². The maximum atomic E-state index is 12.1. The Bertz CT molecular complexity index is 317. The molecule has 5 nitrogen and oxygen atoms in total. The van der Waals surface area contributed by atoms with Gasteiger partial charge in [-0.1, -0.05) is 0 Å². The van der Waals surface area contributed by atoms with Gasteiger partial charge in [0.15, 0.2) is 0 Å². The van der Waals surface area contributed by atoms with E-state index in [-0.39, 0.29) is 30.3 Å². The summed E-state index contributed by atoms with van der Waals surface area (Å²) < 4.78 is 4.94. The first kappa shape index (κ1) is 13.3. The lowest BCUT2D eigenvalue weighted by Crippen LogP contribution is -2.47. The Morgan fingerprint density at radius 3 is 2.39 bits per heavy atom. The minimum absolute atomic E-state index is 0.165. The van der Waals surface area contributed by atoms with Crippen LogP contribution in [-0.2, 0) is 14.3 Å². The van der Waals surface area contributed by atoms with Gasteiger partial charge in [-0.3, -0.25) is 9.59 Å². The number of amides is 1. The normalized spacial score (nSPS) is 30.5. The summed E-state index contributed by atoms with van der Waals surface area (Å²) in [6, 6.07) is 0.523. The molecule has 2 aliphatic rings. The van der Waals surface area contributed by atoms with E-state index < -0.39 is 5.97 Å². The largest absolute Gasteiger partial charge is 0.481 e. The van der Waals surface area contributed by atoms with Crippen LogP contribution in [0.15, 0.2) is 0 Å². The van der Waals surface area contributed by atoms with Gasteiger partial charge in [-0.25, -0.2) is 0 Å². The van der Waals surface area contributed by atoms with Gasteiger partial charge in [0, 0.05) is 25.6 Å². The van der Waals surface area contributed by atoms with Crippen molar-refractivity contribution in [3.63, 3.8) is 0 Å². The average molecular weight is 255 g/mol. The van der Waals surface area contributed by atoms with Crippen LogP contribution in [0.25, 0.3) is 0 Å². The Morgan fingerprint density at radius 2 is 1.89 bits per heavy atom. The molecule has 18 heavy (non-hydrogen) atoms. The molecular weight excluding hydrogens is 234 g/mol. The van der Waals surface area contributed by atoms with Crippen molar-refractivity contribution in [2.45, 2.75) is 50.6 Å². The van der Waals surface area contributed by atoms with Crippen molar-refractivity contribution in [3.05, 3.63) is 0 Å². The minimum atomic E-state index is -0.724. The molecule has 2 aliphatic heterocycles. The fourth-order valence-electron chi connectivity index (χ4n) is 3.43. The number of methoxy groups -OCH3 is 1. The molecule has 2 rings (SSSR count). The van der Waals surface area contributed by atoms with Gasteiger partial charge >= 0.3 is 5.97 Å². The first-order valence-corrected chi connectivity index (χ1v) is 6.63. The fraction of sp³-hybridized carbons (Fsp3) is 0.846. The first-order valence-electron chi connectivity index (χ1n) is 6.63. The molecule has 0 aromatic heterocycles. The minimum Gasteiger partial charge on any atom is -0.481 e. The molecule has 0 saturated carbocycles. The highest BCUT2D eigenvalue weighted by Gasteiger charge is 2.43. The van der Waals surface area contributed by atoms with Crippen molar-refractivity contribution >= 4 is 11.9 Å². The number of carbonyl (C=O) groups is 2. The van der Waals surface area contributed by atoms with E-state index in [1.807, 2.05) is 4.90 Å². The Labute approximate surface area is 107 Å². The van der Waals surface area contributed by atoms with Crippen LogP contribution in [0.1, 0.15) is 38.5 Å². The molecule has 1 N–H and O–H groups in total. The van der Waals surface area contributed by atoms with Gasteiger partial charge in [0.05, 0.1) is 13.0 Å². The first-order chi connectivity index (χ1) is 8.61. The van der Waals surface area contributed by atoms with Crippen molar-refractivity contribution in [2.24, 2.45) is 5.92 Å². The molecule has 1 amide bonds. The molecule has 2 atom stereocenters. The molecule has 102 valence electrons. The molecular formula is C13H21NO4. The summed E-state index contributed by atoms with van der Waals surface area (Å²) in [5.41, 5.74) is 0. The van der Waals surface area contributed by atoms with Gasteiger partial charge < -0.3 is 14.7 Å².